The normalized spacial score (nSPS) is 14.9. The van der Waals surface area contributed by atoms with Crippen LogP contribution in [0.2, 0.25) is 0 Å². The second-order valence-corrected chi connectivity index (χ2v) is 5.52. The van der Waals surface area contributed by atoms with Crippen LogP contribution in [0.3, 0.4) is 0 Å². The number of morpholine rings is 1. The highest BCUT2D eigenvalue weighted by Gasteiger charge is 2.12. The van der Waals surface area contributed by atoms with E-state index in [1.54, 1.807) is 18.2 Å². The van der Waals surface area contributed by atoms with E-state index >= 15 is 0 Å². The minimum atomic E-state index is -0.395. The summed E-state index contributed by atoms with van der Waals surface area (Å²) in [4.78, 5) is 25.8. The Labute approximate surface area is 142 Å². The summed E-state index contributed by atoms with van der Waals surface area (Å²) in [5.74, 6) is -0.403. The lowest BCUT2D eigenvalue weighted by molar-refractivity contribution is -0.120. The molecule has 0 radical (unpaired) electrons. The monoisotopic (exact) mass is 335 g/mol. The van der Waals surface area contributed by atoms with E-state index in [9.17, 15) is 9.59 Å². The van der Waals surface area contributed by atoms with Gasteiger partial charge in [-0.15, -0.1) is 0 Å². The van der Waals surface area contributed by atoms with E-state index in [0.717, 1.165) is 32.8 Å². The summed E-state index contributed by atoms with van der Waals surface area (Å²) in [6.07, 6.45) is 0.346. The molecule has 132 valence electrons. The van der Waals surface area contributed by atoms with Gasteiger partial charge in [0.1, 0.15) is 0 Å². The Morgan fingerprint density at radius 3 is 2.71 bits per heavy atom. The van der Waals surface area contributed by atoms with Crippen molar-refractivity contribution in [2.45, 2.75) is 6.42 Å². The summed E-state index contributed by atoms with van der Waals surface area (Å²) in [5.41, 5.74) is 1.14. The lowest BCUT2D eigenvalue weighted by atomic mass is 10.2. The molecule has 7 heteroatoms. The smallest absolute Gasteiger partial charge is 0.339 e. The summed E-state index contributed by atoms with van der Waals surface area (Å²) < 4.78 is 10.0. The molecule has 2 rings (SSSR count). The Kier molecular flexibility index (Phi) is 7.51. The molecule has 0 unspecified atom stereocenters. The molecule has 0 bridgehead atoms. The molecule has 1 aliphatic rings. The predicted molar refractivity (Wildman–Crippen MR) is 91.2 cm³/mol. The Morgan fingerprint density at radius 2 is 1.96 bits per heavy atom. The van der Waals surface area contributed by atoms with E-state index in [1.165, 1.54) is 7.11 Å². The highest BCUT2D eigenvalue weighted by Crippen LogP contribution is 2.15. The van der Waals surface area contributed by atoms with Gasteiger partial charge in [0.15, 0.2) is 0 Å². The molecule has 0 aliphatic carbocycles. The lowest BCUT2D eigenvalue weighted by Crippen LogP contribution is -2.41. The molecular weight excluding hydrogens is 310 g/mol. The Hall–Kier alpha value is -2.12. The third-order valence-corrected chi connectivity index (χ3v) is 3.85. The summed E-state index contributed by atoms with van der Waals surface area (Å²) in [6, 6.07) is 7.09. The maximum atomic E-state index is 11.9. The first kappa shape index (κ1) is 18.2. The van der Waals surface area contributed by atoms with E-state index in [-0.39, 0.29) is 5.91 Å². The van der Waals surface area contributed by atoms with Crippen molar-refractivity contribution in [3.8, 4) is 0 Å². The number of benzene rings is 1. The number of methoxy groups -OCH3 is 1. The van der Waals surface area contributed by atoms with Gasteiger partial charge in [0.2, 0.25) is 5.91 Å². The van der Waals surface area contributed by atoms with E-state index in [1.807, 2.05) is 6.07 Å². The summed E-state index contributed by atoms with van der Waals surface area (Å²) >= 11 is 0. The maximum absolute atomic E-state index is 11.9. The van der Waals surface area contributed by atoms with Crippen LogP contribution in [0.1, 0.15) is 16.8 Å². The van der Waals surface area contributed by atoms with Crippen LogP contribution in [0.25, 0.3) is 0 Å². The van der Waals surface area contributed by atoms with Gasteiger partial charge in [-0.05, 0) is 12.1 Å². The first-order valence-corrected chi connectivity index (χ1v) is 8.18. The van der Waals surface area contributed by atoms with Crippen LogP contribution >= 0.6 is 0 Å². The predicted octanol–water partition coefficient (Wildman–Crippen LogP) is 0.724. The lowest BCUT2D eigenvalue weighted by Gasteiger charge is -2.26. The molecule has 0 spiro atoms. The van der Waals surface area contributed by atoms with E-state index < -0.39 is 5.97 Å². The van der Waals surface area contributed by atoms with E-state index in [4.69, 9.17) is 9.47 Å². The summed E-state index contributed by atoms with van der Waals surface area (Å²) in [7, 11) is 1.35. The number of anilines is 1. The van der Waals surface area contributed by atoms with Crippen molar-refractivity contribution in [1.82, 2.24) is 10.2 Å². The highest BCUT2D eigenvalue weighted by molar-refractivity contribution is 5.95. The van der Waals surface area contributed by atoms with Gasteiger partial charge in [0.25, 0.3) is 0 Å². The number of amides is 1. The van der Waals surface area contributed by atoms with Crippen molar-refractivity contribution in [3.05, 3.63) is 29.8 Å². The number of rotatable bonds is 8. The largest absolute Gasteiger partial charge is 0.465 e. The molecule has 0 aromatic heterocycles. The fourth-order valence-electron chi connectivity index (χ4n) is 2.50. The molecule has 7 nitrogen and oxygen atoms in total. The second kappa shape index (κ2) is 9.89. The number of hydrogen-bond donors (Lipinski definition) is 2. The molecule has 1 fully saturated rings. The van der Waals surface area contributed by atoms with Crippen molar-refractivity contribution in [2.75, 3.05) is 58.4 Å². The van der Waals surface area contributed by atoms with Gasteiger partial charge in [-0.25, -0.2) is 4.79 Å². The molecule has 24 heavy (non-hydrogen) atoms. The number of ether oxygens (including phenoxy) is 2. The van der Waals surface area contributed by atoms with Crippen molar-refractivity contribution in [2.24, 2.45) is 0 Å². The molecule has 1 aromatic rings. The van der Waals surface area contributed by atoms with E-state index in [0.29, 0.717) is 30.8 Å². The average molecular weight is 335 g/mol. The van der Waals surface area contributed by atoms with Gasteiger partial charge in [0.05, 0.1) is 25.9 Å². The highest BCUT2D eigenvalue weighted by atomic mass is 16.5. The number of esters is 1. The molecule has 1 saturated heterocycles. The molecule has 1 heterocycles. The topological polar surface area (TPSA) is 79.9 Å². The zero-order valence-electron chi connectivity index (χ0n) is 14.0. The number of nitrogens with one attached hydrogen (secondary N) is 2. The van der Waals surface area contributed by atoms with Crippen LogP contribution in [0.4, 0.5) is 5.69 Å². The minimum Gasteiger partial charge on any atom is -0.465 e. The minimum absolute atomic E-state index is 0.00805. The quantitative estimate of drug-likeness (QED) is 0.682. The third kappa shape index (κ3) is 5.82. The SMILES string of the molecule is COC(=O)c1ccccc1NCCC(=O)NCCN1CCOCC1. The molecule has 1 amide bonds. The van der Waals surface area contributed by atoms with Crippen LogP contribution in [0.5, 0.6) is 0 Å². The second-order valence-electron chi connectivity index (χ2n) is 5.52. The van der Waals surface area contributed by atoms with Crippen molar-refractivity contribution >= 4 is 17.6 Å². The molecule has 1 aromatic carbocycles. The molecule has 0 saturated carbocycles. The zero-order chi connectivity index (χ0) is 17.2. The molecule has 1 aliphatic heterocycles. The average Bonchev–Trinajstić information content (AvgIpc) is 2.62. The van der Waals surface area contributed by atoms with Crippen molar-refractivity contribution in [3.63, 3.8) is 0 Å². The molecular formula is C17H25N3O4. The fourth-order valence-corrected chi connectivity index (χ4v) is 2.50. The van der Waals surface area contributed by atoms with Crippen molar-refractivity contribution in [1.29, 1.82) is 0 Å². The third-order valence-electron chi connectivity index (χ3n) is 3.85. The van der Waals surface area contributed by atoms with Gasteiger partial charge < -0.3 is 20.1 Å². The van der Waals surface area contributed by atoms with Crippen LogP contribution in [0.15, 0.2) is 24.3 Å². The van der Waals surface area contributed by atoms with Gasteiger partial charge in [-0.2, -0.15) is 0 Å². The molecule has 0 atom stereocenters. The maximum Gasteiger partial charge on any atom is 0.339 e. The van der Waals surface area contributed by atoms with Gasteiger partial charge >= 0.3 is 5.97 Å². The number of hydrogen-bond acceptors (Lipinski definition) is 6. The van der Waals surface area contributed by atoms with Gasteiger partial charge in [-0.3, -0.25) is 9.69 Å². The Bertz CT molecular complexity index is 544. The fraction of sp³-hybridized carbons (Fsp3) is 0.529. The number of carbonyl (C=O) groups is 2. The van der Waals surface area contributed by atoms with Crippen LogP contribution in [-0.2, 0) is 14.3 Å². The van der Waals surface area contributed by atoms with Gasteiger partial charge in [0, 0.05) is 44.8 Å². The number of para-hydroxylation sites is 1. The Morgan fingerprint density at radius 1 is 1.21 bits per heavy atom. The van der Waals surface area contributed by atoms with Gasteiger partial charge in [-0.1, -0.05) is 12.1 Å². The first-order chi connectivity index (χ1) is 11.7. The standard InChI is InChI=1S/C17H25N3O4/c1-23-17(22)14-4-2-3-5-15(14)18-7-6-16(21)19-8-9-20-10-12-24-13-11-20/h2-5,18H,6-13H2,1H3,(H,19,21). The number of carbonyl (C=O) groups excluding carboxylic acids is 2. The Balaban J connectivity index is 1.66. The molecule has 2 N–H and O–H groups in total. The van der Waals surface area contributed by atoms with E-state index in [2.05, 4.69) is 15.5 Å². The van der Waals surface area contributed by atoms with Crippen LogP contribution < -0.4 is 10.6 Å². The van der Waals surface area contributed by atoms with Crippen LogP contribution in [-0.4, -0.2) is 69.8 Å². The first-order valence-electron chi connectivity index (χ1n) is 8.18. The summed E-state index contributed by atoms with van der Waals surface area (Å²) in [6.45, 7) is 5.29. The van der Waals surface area contributed by atoms with Crippen molar-refractivity contribution < 1.29 is 19.1 Å². The number of nitrogens with zero attached hydrogens (tertiary/aromatic N) is 1. The zero-order valence-corrected chi connectivity index (χ0v) is 14.0. The van der Waals surface area contributed by atoms with Crippen LogP contribution in [0, 0.1) is 0 Å². The summed E-state index contributed by atoms with van der Waals surface area (Å²) in [5, 5.41) is 6.02.